The van der Waals surface area contributed by atoms with E-state index in [1.165, 1.54) is 6.08 Å². The molecule has 2 N–H and O–H groups in total. The molecule has 0 aliphatic rings. The average molecular weight is 186 g/mol. The number of hydrogen-bond acceptors (Lipinski definition) is 2. The Balaban J connectivity index is 4.15. The monoisotopic (exact) mass is 186 g/mol. The van der Waals surface area contributed by atoms with Crippen LogP contribution in [0.5, 0.6) is 0 Å². The van der Waals surface area contributed by atoms with E-state index in [9.17, 15) is 9.59 Å². The first kappa shape index (κ1) is 11.7. The summed E-state index contributed by atoms with van der Waals surface area (Å²) in [6.45, 7) is 1.99. The second kappa shape index (κ2) is 6.22. The van der Waals surface area contributed by atoms with Crippen LogP contribution in [0.3, 0.4) is 0 Å². The topological polar surface area (TPSA) is 74.6 Å². The highest BCUT2D eigenvalue weighted by molar-refractivity contribution is 5.91. The Hall–Kier alpha value is -1.32. The Labute approximate surface area is 76.9 Å². The van der Waals surface area contributed by atoms with Crippen LogP contribution < -0.4 is 0 Å². The average Bonchev–Trinajstić information content (AvgIpc) is 2.02. The highest BCUT2D eigenvalue weighted by Crippen LogP contribution is 2.06. The van der Waals surface area contributed by atoms with E-state index < -0.39 is 18.4 Å². The van der Waals surface area contributed by atoms with Crippen LogP contribution in [-0.2, 0) is 9.59 Å². The summed E-state index contributed by atoms with van der Waals surface area (Å²) in [6.07, 6.45) is 3.57. The van der Waals surface area contributed by atoms with Gasteiger partial charge in [-0.25, -0.2) is 4.79 Å². The van der Waals surface area contributed by atoms with E-state index in [1.54, 1.807) is 0 Å². The van der Waals surface area contributed by atoms with Crippen molar-refractivity contribution in [3.05, 3.63) is 11.6 Å². The molecule has 0 bridgehead atoms. The summed E-state index contributed by atoms with van der Waals surface area (Å²) in [5, 5.41) is 17.0. The van der Waals surface area contributed by atoms with E-state index in [4.69, 9.17) is 10.2 Å². The van der Waals surface area contributed by atoms with Crippen LogP contribution in [-0.4, -0.2) is 22.2 Å². The number of aliphatic carboxylic acids is 2. The molecule has 0 radical (unpaired) electrons. The summed E-state index contributed by atoms with van der Waals surface area (Å²) >= 11 is 0. The fourth-order valence-electron chi connectivity index (χ4n) is 0.878. The molecule has 0 aromatic heterocycles. The third kappa shape index (κ3) is 5.90. The zero-order valence-corrected chi connectivity index (χ0v) is 7.62. The van der Waals surface area contributed by atoms with Crippen molar-refractivity contribution in [1.29, 1.82) is 0 Å². The molecule has 0 saturated heterocycles. The molecule has 0 aromatic carbocycles. The molecule has 74 valence electrons. The smallest absolute Gasteiger partial charge is 0.331 e. The van der Waals surface area contributed by atoms with Gasteiger partial charge < -0.3 is 10.2 Å². The van der Waals surface area contributed by atoms with Gasteiger partial charge in [-0.05, 0) is 6.42 Å². The molecule has 0 amide bonds. The molecule has 4 heteroatoms. The summed E-state index contributed by atoms with van der Waals surface area (Å²) in [6, 6.07) is 0. The Morgan fingerprint density at radius 2 is 1.92 bits per heavy atom. The van der Waals surface area contributed by atoms with E-state index in [-0.39, 0.29) is 5.57 Å². The van der Waals surface area contributed by atoms with Gasteiger partial charge in [0.1, 0.15) is 0 Å². The molecule has 0 spiro atoms. The minimum atomic E-state index is -1.14. The molecule has 0 unspecified atom stereocenters. The first-order chi connectivity index (χ1) is 6.07. The van der Waals surface area contributed by atoms with E-state index in [1.807, 2.05) is 6.92 Å². The van der Waals surface area contributed by atoms with Gasteiger partial charge in [0.2, 0.25) is 0 Å². The summed E-state index contributed by atoms with van der Waals surface area (Å²) in [5.41, 5.74) is -0.0269. The van der Waals surface area contributed by atoms with Crippen molar-refractivity contribution in [1.82, 2.24) is 0 Å². The van der Waals surface area contributed by atoms with Crippen molar-refractivity contribution in [2.45, 2.75) is 32.6 Å². The molecule has 0 rings (SSSR count). The van der Waals surface area contributed by atoms with Gasteiger partial charge >= 0.3 is 11.9 Å². The van der Waals surface area contributed by atoms with Gasteiger partial charge in [-0.3, -0.25) is 4.79 Å². The van der Waals surface area contributed by atoms with E-state index in [2.05, 4.69) is 0 Å². The summed E-state index contributed by atoms with van der Waals surface area (Å²) in [4.78, 5) is 20.7. The van der Waals surface area contributed by atoms with E-state index in [0.29, 0.717) is 6.42 Å². The van der Waals surface area contributed by atoms with E-state index >= 15 is 0 Å². The highest BCUT2D eigenvalue weighted by atomic mass is 16.4. The second-order valence-electron chi connectivity index (χ2n) is 2.75. The van der Waals surface area contributed by atoms with Crippen LogP contribution >= 0.6 is 0 Å². The molecule has 0 heterocycles. The van der Waals surface area contributed by atoms with Crippen molar-refractivity contribution in [3.8, 4) is 0 Å². The third-order valence-electron chi connectivity index (χ3n) is 1.56. The Morgan fingerprint density at radius 3 is 2.31 bits per heavy atom. The number of carboxylic acids is 2. The Bertz CT molecular complexity index is 218. The molecule has 0 saturated carbocycles. The van der Waals surface area contributed by atoms with Crippen LogP contribution in [0.1, 0.15) is 32.6 Å². The van der Waals surface area contributed by atoms with Gasteiger partial charge in [-0.15, -0.1) is 0 Å². The third-order valence-corrected chi connectivity index (χ3v) is 1.56. The number of allylic oxidation sites excluding steroid dienone is 1. The van der Waals surface area contributed by atoms with Crippen molar-refractivity contribution < 1.29 is 19.8 Å². The Kier molecular flexibility index (Phi) is 5.59. The molecule has 0 aliphatic carbocycles. The highest BCUT2D eigenvalue weighted by Gasteiger charge is 2.10. The number of carbonyl (C=O) groups is 2. The molecule has 0 fully saturated rings. The van der Waals surface area contributed by atoms with Crippen LogP contribution in [0.4, 0.5) is 0 Å². The normalized spacial score (nSPS) is 11.3. The Morgan fingerprint density at radius 1 is 1.31 bits per heavy atom. The van der Waals surface area contributed by atoms with Crippen LogP contribution in [0, 0.1) is 0 Å². The lowest BCUT2D eigenvalue weighted by atomic mass is 10.1. The quantitative estimate of drug-likeness (QED) is 0.488. The van der Waals surface area contributed by atoms with Crippen molar-refractivity contribution in [2.75, 3.05) is 0 Å². The largest absolute Gasteiger partial charge is 0.481 e. The molecule has 4 nitrogen and oxygen atoms in total. The minimum absolute atomic E-state index is 0.0269. The van der Waals surface area contributed by atoms with Gasteiger partial charge in [0.25, 0.3) is 0 Å². The minimum Gasteiger partial charge on any atom is -0.481 e. The molecule has 0 atom stereocenters. The second-order valence-corrected chi connectivity index (χ2v) is 2.75. The van der Waals surface area contributed by atoms with Gasteiger partial charge in [-0.1, -0.05) is 25.8 Å². The predicted molar refractivity (Wildman–Crippen MR) is 47.5 cm³/mol. The fraction of sp³-hybridized carbons (Fsp3) is 0.556. The van der Waals surface area contributed by atoms with Gasteiger partial charge in [0.15, 0.2) is 0 Å². The number of carboxylic acid groups (broad SMARTS) is 2. The standard InChI is InChI=1S/C9H14O4/c1-2-3-4-5-7(9(12)13)6-8(10)11/h5H,2-4,6H2,1H3,(H,10,11)(H,12,13)/b7-5+. The van der Waals surface area contributed by atoms with Crippen LogP contribution in [0.2, 0.25) is 0 Å². The van der Waals surface area contributed by atoms with Crippen molar-refractivity contribution >= 4 is 11.9 Å². The predicted octanol–water partition coefficient (Wildman–Crippen LogP) is 1.66. The number of unbranched alkanes of at least 4 members (excludes halogenated alkanes) is 2. The zero-order chi connectivity index (χ0) is 10.3. The lowest BCUT2D eigenvalue weighted by Crippen LogP contribution is -2.06. The lowest BCUT2D eigenvalue weighted by molar-refractivity contribution is -0.139. The molecule has 0 aliphatic heterocycles. The maximum Gasteiger partial charge on any atom is 0.331 e. The van der Waals surface area contributed by atoms with Gasteiger partial charge in [-0.2, -0.15) is 0 Å². The van der Waals surface area contributed by atoms with Gasteiger partial charge in [0.05, 0.1) is 6.42 Å². The molecule has 0 aromatic rings. The first-order valence-electron chi connectivity index (χ1n) is 4.22. The lowest BCUT2D eigenvalue weighted by Gasteiger charge is -1.97. The molecule has 13 heavy (non-hydrogen) atoms. The van der Waals surface area contributed by atoms with Gasteiger partial charge in [0, 0.05) is 5.57 Å². The fourth-order valence-corrected chi connectivity index (χ4v) is 0.878. The zero-order valence-electron chi connectivity index (χ0n) is 7.62. The van der Waals surface area contributed by atoms with Crippen LogP contribution in [0.25, 0.3) is 0 Å². The maximum absolute atomic E-state index is 10.5. The first-order valence-corrected chi connectivity index (χ1v) is 4.22. The van der Waals surface area contributed by atoms with Crippen molar-refractivity contribution in [3.63, 3.8) is 0 Å². The summed E-state index contributed by atoms with van der Waals surface area (Å²) in [5.74, 6) is -2.25. The summed E-state index contributed by atoms with van der Waals surface area (Å²) in [7, 11) is 0. The maximum atomic E-state index is 10.5. The van der Waals surface area contributed by atoms with Crippen molar-refractivity contribution in [2.24, 2.45) is 0 Å². The van der Waals surface area contributed by atoms with Crippen LogP contribution in [0.15, 0.2) is 11.6 Å². The SMILES string of the molecule is CCCC/C=C(\CC(=O)O)C(=O)O. The number of rotatable bonds is 6. The van der Waals surface area contributed by atoms with E-state index in [0.717, 1.165) is 12.8 Å². The molecular weight excluding hydrogens is 172 g/mol. The summed E-state index contributed by atoms with van der Waals surface area (Å²) < 4.78 is 0. The number of hydrogen-bond donors (Lipinski definition) is 2. The molecular formula is C9H14O4.